The lowest BCUT2D eigenvalue weighted by Gasteiger charge is -2.27. The topological polar surface area (TPSA) is 92.4 Å². The van der Waals surface area contributed by atoms with Crippen LogP contribution >= 0.6 is 27.7 Å². The van der Waals surface area contributed by atoms with E-state index in [-0.39, 0.29) is 11.7 Å². The molecule has 0 unspecified atom stereocenters. The highest BCUT2D eigenvalue weighted by molar-refractivity contribution is 9.10. The van der Waals surface area contributed by atoms with E-state index in [0.29, 0.717) is 5.69 Å². The number of rotatable bonds is 6. The molecular weight excluding hydrogens is 356 g/mol. The minimum atomic E-state index is -1.07. The van der Waals surface area contributed by atoms with Gasteiger partial charge in [-0.2, -0.15) is 0 Å². The number of nitrogens with one attached hydrogen (secondary N) is 1. The molecule has 0 fully saturated rings. The molecule has 1 aromatic rings. The van der Waals surface area contributed by atoms with Crippen LogP contribution in [-0.4, -0.2) is 33.5 Å². The summed E-state index contributed by atoms with van der Waals surface area (Å²) in [7, 11) is 0. The standard InChI is InChI=1S/C14H19BrN2O3S/c1-8-6-9(4-5-10(8)15)17-11(18)7-21-14(2,3)12(16)13(19)20/h4-6,12H,7,16H2,1-3H3,(H,17,18)(H,19,20)/t12-/m0/s1. The summed E-state index contributed by atoms with van der Waals surface area (Å²) in [5, 5.41) is 11.7. The maximum absolute atomic E-state index is 11.9. The fourth-order valence-electron chi connectivity index (χ4n) is 1.56. The third-order valence-corrected chi connectivity index (χ3v) is 5.33. The molecule has 5 nitrogen and oxygen atoms in total. The van der Waals surface area contributed by atoms with Crippen molar-refractivity contribution >= 4 is 45.3 Å². The molecular formula is C14H19BrN2O3S. The normalized spacial score (nSPS) is 12.8. The molecule has 0 spiro atoms. The Morgan fingerprint density at radius 2 is 2.10 bits per heavy atom. The van der Waals surface area contributed by atoms with E-state index in [1.165, 1.54) is 11.8 Å². The van der Waals surface area contributed by atoms with Gasteiger partial charge in [0.15, 0.2) is 0 Å². The van der Waals surface area contributed by atoms with E-state index in [0.717, 1.165) is 10.0 Å². The number of aliphatic carboxylic acids is 1. The van der Waals surface area contributed by atoms with E-state index in [4.69, 9.17) is 10.8 Å². The second-order valence-corrected chi connectivity index (χ2v) is 7.70. The third-order valence-electron chi connectivity index (χ3n) is 3.03. The summed E-state index contributed by atoms with van der Waals surface area (Å²) < 4.78 is 0.252. The van der Waals surface area contributed by atoms with Crippen molar-refractivity contribution in [2.75, 3.05) is 11.1 Å². The van der Waals surface area contributed by atoms with E-state index in [2.05, 4.69) is 21.2 Å². The van der Waals surface area contributed by atoms with E-state index in [1.807, 2.05) is 19.1 Å². The molecule has 1 amide bonds. The molecule has 0 aliphatic rings. The number of carboxylic acid groups (broad SMARTS) is 1. The predicted octanol–water partition coefficient (Wildman–Crippen LogP) is 2.62. The zero-order valence-electron chi connectivity index (χ0n) is 12.1. The Morgan fingerprint density at radius 3 is 2.62 bits per heavy atom. The Hall–Kier alpha value is -1.05. The monoisotopic (exact) mass is 374 g/mol. The number of hydrogen-bond acceptors (Lipinski definition) is 4. The molecule has 0 aromatic heterocycles. The molecule has 4 N–H and O–H groups in total. The van der Waals surface area contributed by atoms with Gasteiger partial charge in [-0.05, 0) is 44.5 Å². The lowest BCUT2D eigenvalue weighted by atomic mass is 10.1. The zero-order valence-corrected chi connectivity index (χ0v) is 14.5. The smallest absolute Gasteiger partial charge is 0.321 e. The molecule has 0 saturated carbocycles. The average Bonchev–Trinajstić information content (AvgIpc) is 2.40. The average molecular weight is 375 g/mol. The van der Waals surface area contributed by atoms with Gasteiger partial charge in [0.1, 0.15) is 6.04 Å². The van der Waals surface area contributed by atoms with Gasteiger partial charge in [0, 0.05) is 14.9 Å². The summed E-state index contributed by atoms with van der Waals surface area (Å²) in [5.41, 5.74) is 7.34. The van der Waals surface area contributed by atoms with Crippen molar-refractivity contribution in [3.05, 3.63) is 28.2 Å². The van der Waals surface area contributed by atoms with Gasteiger partial charge in [-0.25, -0.2) is 0 Å². The third kappa shape index (κ3) is 5.33. The first kappa shape index (κ1) is 18.0. The van der Waals surface area contributed by atoms with Crippen LogP contribution in [0, 0.1) is 6.92 Å². The van der Waals surface area contributed by atoms with Crippen LogP contribution in [0.25, 0.3) is 0 Å². The van der Waals surface area contributed by atoms with Crippen molar-refractivity contribution < 1.29 is 14.7 Å². The van der Waals surface area contributed by atoms with E-state index >= 15 is 0 Å². The van der Waals surface area contributed by atoms with Crippen LogP contribution in [0.15, 0.2) is 22.7 Å². The first-order valence-corrected chi connectivity index (χ1v) is 8.09. The fraction of sp³-hybridized carbons (Fsp3) is 0.429. The van der Waals surface area contributed by atoms with Crippen molar-refractivity contribution in [3.63, 3.8) is 0 Å². The van der Waals surface area contributed by atoms with Crippen molar-refractivity contribution in [2.45, 2.75) is 31.6 Å². The summed E-state index contributed by atoms with van der Waals surface area (Å²) >= 11 is 4.62. The summed E-state index contributed by atoms with van der Waals surface area (Å²) in [5.74, 6) is -1.12. The molecule has 1 aromatic carbocycles. The number of carbonyl (C=O) groups is 2. The molecule has 0 heterocycles. The van der Waals surface area contributed by atoms with Crippen LogP contribution in [0.2, 0.25) is 0 Å². The van der Waals surface area contributed by atoms with Gasteiger partial charge in [0.2, 0.25) is 5.91 Å². The largest absolute Gasteiger partial charge is 0.480 e. The van der Waals surface area contributed by atoms with E-state index in [1.54, 1.807) is 19.9 Å². The molecule has 0 aliphatic carbocycles. The highest BCUT2D eigenvalue weighted by atomic mass is 79.9. The zero-order chi connectivity index (χ0) is 16.2. The maximum atomic E-state index is 11.9. The summed E-state index contributed by atoms with van der Waals surface area (Å²) in [6.45, 7) is 5.37. The molecule has 0 aliphatic heterocycles. The predicted molar refractivity (Wildman–Crippen MR) is 89.7 cm³/mol. The summed E-state index contributed by atoms with van der Waals surface area (Å²) in [4.78, 5) is 22.8. The van der Waals surface area contributed by atoms with Crippen LogP contribution in [0.3, 0.4) is 0 Å². The maximum Gasteiger partial charge on any atom is 0.321 e. The van der Waals surface area contributed by atoms with Crippen molar-refractivity contribution in [2.24, 2.45) is 5.73 Å². The first-order chi connectivity index (χ1) is 9.63. The Labute approximate surface area is 136 Å². The SMILES string of the molecule is Cc1cc(NC(=O)CSC(C)(C)[C@@H](N)C(=O)O)ccc1Br. The van der Waals surface area contributed by atoms with Crippen LogP contribution in [0.4, 0.5) is 5.69 Å². The number of aryl methyl sites for hydroxylation is 1. The number of halogens is 1. The molecule has 1 atom stereocenters. The fourth-order valence-corrected chi connectivity index (χ4v) is 2.66. The van der Waals surface area contributed by atoms with Crippen molar-refractivity contribution in [1.29, 1.82) is 0 Å². The first-order valence-electron chi connectivity index (χ1n) is 6.32. The number of hydrogen-bond donors (Lipinski definition) is 3. The number of nitrogens with two attached hydrogens (primary N) is 1. The van der Waals surface area contributed by atoms with Gasteiger partial charge < -0.3 is 16.2 Å². The molecule has 1 rings (SSSR count). The highest BCUT2D eigenvalue weighted by Crippen LogP contribution is 2.27. The molecule has 0 bridgehead atoms. The van der Waals surface area contributed by atoms with E-state index in [9.17, 15) is 9.59 Å². The van der Waals surface area contributed by atoms with Crippen molar-refractivity contribution in [3.8, 4) is 0 Å². The molecule has 0 radical (unpaired) electrons. The van der Waals surface area contributed by atoms with Crippen LogP contribution in [0.5, 0.6) is 0 Å². The Bertz CT molecular complexity index is 549. The van der Waals surface area contributed by atoms with Crippen molar-refractivity contribution in [1.82, 2.24) is 0 Å². The van der Waals surface area contributed by atoms with Crippen LogP contribution in [0.1, 0.15) is 19.4 Å². The number of amides is 1. The Kier molecular flexibility index (Phi) is 6.24. The van der Waals surface area contributed by atoms with Gasteiger partial charge in [-0.15, -0.1) is 11.8 Å². The number of carboxylic acids is 1. The van der Waals surface area contributed by atoms with Gasteiger partial charge in [-0.1, -0.05) is 15.9 Å². The summed E-state index contributed by atoms with van der Waals surface area (Å²) in [6.07, 6.45) is 0. The molecule has 7 heteroatoms. The second-order valence-electron chi connectivity index (χ2n) is 5.22. The van der Waals surface area contributed by atoms with E-state index < -0.39 is 16.8 Å². The van der Waals surface area contributed by atoms with Crippen LogP contribution < -0.4 is 11.1 Å². The number of anilines is 1. The number of thioether (sulfide) groups is 1. The molecule has 116 valence electrons. The number of carbonyl (C=O) groups excluding carboxylic acids is 1. The Morgan fingerprint density at radius 1 is 1.48 bits per heavy atom. The van der Waals surface area contributed by atoms with Gasteiger partial charge in [0.25, 0.3) is 0 Å². The highest BCUT2D eigenvalue weighted by Gasteiger charge is 2.33. The number of benzene rings is 1. The van der Waals surface area contributed by atoms with Gasteiger partial charge in [0.05, 0.1) is 5.75 Å². The second kappa shape index (κ2) is 7.29. The Balaban J connectivity index is 2.58. The lowest BCUT2D eigenvalue weighted by Crippen LogP contribution is -2.47. The minimum Gasteiger partial charge on any atom is -0.480 e. The van der Waals surface area contributed by atoms with Gasteiger partial charge >= 0.3 is 5.97 Å². The quantitative estimate of drug-likeness (QED) is 0.711. The lowest BCUT2D eigenvalue weighted by molar-refractivity contribution is -0.139. The van der Waals surface area contributed by atoms with Crippen LogP contribution in [-0.2, 0) is 9.59 Å². The molecule has 21 heavy (non-hydrogen) atoms. The van der Waals surface area contributed by atoms with Gasteiger partial charge in [-0.3, -0.25) is 9.59 Å². The molecule has 0 saturated heterocycles. The minimum absolute atomic E-state index is 0.142. The summed E-state index contributed by atoms with van der Waals surface area (Å²) in [6, 6.07) is 4.50.